The molecule has 0 bridgehead atoms. The third-order valence-electron chi connectivity index (χ3n) is 4.33. The molecular weight excluding hydrogens is 397 g/mol. The van der Waals surface area contributed by atoms with E-state index in [-0.39, 0.29) is 29.1 Å². The maximum Gasteiger partial charge on any atom is 0.238 e. The quantitative estimate of drug-likeness (QED) is 0.613. The van der Waals surface area contributed by atoms with Crippen LogP contribution in [0, 0.1) is 5.82 Å². The van der Waals surface area contributed by atoms with Gasteiger partial charge < -0.3 is 9.73 Å². The minimum absolute atomic E-state index is 0.0145. The molecule has 0 saturated carbocycles. The van der Waals surface area contributed by atoms with E-state index < -0.39 is 10.0 Å². The molecular formula is C20H20FN3O4S. The highest BCUT2D eigenvalue weighted by Gasteiger charge is 2.14. The summed E-state index contributed by atoms with van der Waals surface area (Å²) in [5.74, 6) is 0.376. The third kappa shape index (κ3) is 5.49. The van der Waals surface area contributed by atoms with Gasteiger partial charge in [-0.05, 0) is 48.9 Å². The minimum Gasteiger partial charge on any atom is -0.441 e. The smallest absolute Gasteiger partial charge is 0.238 e. The lowest BCUT2D eigenvalue weighted by molar-refractivity contribution is -0.121. The molecule has 9 heteroatoms. The van der Waals surface area contributed by atoms with E-state index in [1.165, 1.54) is 30.5 Å². The van der Waals surface area contributed by atoms with E-state index in [1.54, 1.807) is 31.2 Å². The maximum atomic E-state index is 13.0. The van der Waals surface area contributed by atoms with Crippen LogP contribution in [0.25, 0.3) is 11.3 Å². The van der Waals surface area contributed by atoms with Gasteiger partial charge >= 0.3 is 0 Å². The summed E-state index contributed by atoms with van der Waals surface area (Å²) in [5, 5.41) is 7.91. The van der Waals surface area contributed by atoms with Gasteiger partial charge in [0, 0.05) is 18.4 Å². The number of hydrogen-bond donors (Lipinski definition) is 2. The van der Waals surface area contributed by atoms with Crippen LogP contribution in [0.3, 0.4) is 0 Å². The molecule has 1 heterocycles. The SMILES string of the molecule is CC(NC(=O)CCc1ncc(-c2ccc(F)cc2)o1)c1ccc(S(N)(=O)=O)cc1. The molecule has 1 atom stereocenters. The highest BCUT2D eigenvalue weighted by molar-refractivity contribution is 7.89. The van der Waals surface area contributed by atoms with Gasteiger partial charge in [0.25, 0.3) is 0 Å². The Morgan fingerprint density at radius 1 is 1.17 bits per heavy atom. The van der Waals surface area contributed by atoms with Crippen molar-refractivity contribution >= 4 is 15.9 Å². The Morgan fingerprint density at radius 2 is 1.83 bits per heavy atom. The molecule has 1 unspecified atom stereocenters. The first-order chi connectivity index (χ1) is 13.7. The standard InChI is InChI=1S/C20H20FN3O4S/c1-13(14-4-8-17(9-5-14)29(22,26)27)24-19(25)10-11-20-23-12-18(28-20)15-2-6-16(21)7-3-15/h2-9,12-13H,10-11H2,1H3,(H,24,25)(H2,22,26,27). The van der Waals surface area contributed by atoms with E-state index >= 15 is 0 Å². The van der Waals surface area contributed by atoms with Gasteiger partial charge in [-0.2, -0.15) is 0 Å². The number of aryl methyl sites for hydroxylation is 1. The molecule has 3 rings (SSSR count). The number of benzene rings is 2. The van der Waals surface area contributed by atoms with Gasteiger partial charge in [0.2, 0.25) is 15.9 Å². The fourth-order valence-corrected chi connectivity index (χ4v) is 3.25. The zero-order valence-electron chi connectivity index (χ0n) is 15.6. The summed E-state index contributed by atoms with van der Waals surface area (Å²) in [5.41, 5.74) is 1.45. The van der Waals surface area contributed by atoms with Crippen LogP contribution in [0.4, 0.5) is 4.39 Å². The van der Waals surface area contributed by atoms with Crippen molar-refractivity contribution in [3.8, 4) is 11.3 Å². The number of sulfonamides is 1. The summed E-state index contributed by atoms with van der Waals surface area (Å²) < 4.78 is 41.2. The first-order valence-corrected chi connectivity index (χ1v) is 10.4. The second kappa shape index (κ2) is 8.54. The second-order valence-electron chi connectivity index (χ2n) is 6.53. The van der Waals surface area contributed by atoms with E-state index in [0.29, 0.717) is 23.6 Å². The van der Waals surface area contributed by atoms with E-state index in [0.717, 1.165) is 5.56 Å². The van der Waals surface area contributed by atoms with Crippen LogP contribution < -0.4 is 10.5 Å². The average Bonchev–Trinajstić information content (AvgIpc) is 3.15. The minimum atomic E-state index is -3.75. The molecule has 0 saturated heterocycles. The van der Waals surface area contributed by atoms with Gasteiger partial charge in [-0.15, -0.1) is 0 Å². The number of oxazole rings is 1. The van der Waals surface area contributed by atoms with Crippen LogP contribution in [0.2, 0.25) is 0 Å². The highest BCUT2D eigenvalue weighted by Crippen LogP contribution is 2.21. The number of hydrogen-bond acceptors (Lipinski definition) is 5. The maximum absolute atomic E-state index is 13.0. The Bertz CT molecular complexity index is 1090. The number of halogens is 1. The summed E-state index contributed by atoms with van der Waals surface area (Å²) in [4.78, 5) is 16.4. The van der Waals surface area contributed by atoms with Crippen LogP contribution >= 0.6 is 0 Å². The molecule has 1 aromatic heterocycles. The van der Waals surface area contributed by atoms with Crippen molar-refractivity contribution in [3.63, 3.8) is 0 Å². The summed E-state index contributed by atoms with van der Waals surface area (Å²) in [6.45, 7) is 1.79. The van der Waals surface area contributed by atoms with Crippen LogP contribution in [0.1, 0.15) is 30.8 Å². The molecule has 3 aromatic rings. The van der Waals surface area contributed by atoms with Crippen LogP contribution in [-0.4, -0.2) is 19.3 Å². The number of carbonyl (C=O) groups excluding carboxylic acids is 1. The number of primary sulfonamides is 1. The topological polar surface area (TPSA) is 115 Å². The monoisotopic (exact) mass is 417 g/mol. The number of amides is 1. The Hall–Kier alpha value is -3.04. The zero-order chi connectivity index (χ0) is 21.0. The Kier molecular flexibility index (Phi) is 6.09. The molecule has 152 valence electrons. The Morgan fingerprint density at radius 3 is 2.45 bits per heavy atom. The van der Waals surface area contributed by atoms with Crippen LogP contribution in [0.15, 0.2) is 64.0 Å². The molecule has 0 radical (unpaired) electrons. The summed E-state index contributed by atoms with van der Waals surface area (Å²) in [7, 11) is -3.75. The number of aromatic nitrogens is 1. The molecule has 0 aliphatic heterocycles. The average molecular weight is 417 g/mol. The molecule has 2 aromatic carbocycles. The largest absolute Gasteiger partial charge is 0.441 e. The normalized spacial score (nSPS) is 12.5. The van der Waals surface area contributed by atoms with Crippen molar-refractivity contribution in [1.82, 2.24) is 10.3 Å². The first kappa shape index (κ1) is 20.7. The van der Waals surface area contributed by atoms with Gasteiger partial charge in [-0.25, -0.2) is 22.9 Å². The highest BCUT2D eigenvalue weighted by atomic mass is 32.2. The van der Waals surface area contributed by atoms with E-state index in [9.17, 15) is 17.6 Å². The lowest BCUT2D eigenvalue weighted by Gasteiger charge is -2.14. The molecule has 29 heavy (non-hydrogen) atoms. The fraction of sp³-hybridized carbons (Fsp3) is 0.200. The number of rotatable bonds is 7. The van der Waals surface area contributed by atoms with Gasteiger partial charge in [0.1, 0.15) is 5.82 Å². The zero-order valence-corrected chi connectivity index (χ0v) is 16.4. The van der Waals surface area contributed by atoms with Crippen molar-refractivity contribution in [3.05, 3.63) is 72.0 Å². The van der Waals surface area contributed by atoms with Crippen molar-refractivity contribution in [2.75, 3.05) is 0 Å². The predicted octanol–water partition coefficient (Wildman–Crippen LogP) is 2.94. The Balaban J connectivity index is 1.54. The van der Waals surface area contributed by atoms with E-state index in [2.05, 4.69) is 10.3 Å². The van der Waals surface area contributed by atoms with Gasteiger partial charge in [0.05, 0.1) is 17.1 Å². The number of nitrogens with zero attached hydrogens (tertiary/aromatic N) is 1. The van der Waals surface area contributed by atoms with Crippen molar-refractivity contribution in [2.24, 2.45) is 5.14 Å². The van der Waals surface area contributed by atoms with Crippen LogP contribution in [-0.2, 0) is 21.2 Å². The lowest BCUT2D eigenvalue weighted by Crippen LogP contribution is -2.26. The summed E-state index contributed by atoms with van der Waals surface area (Å²) >= 11 is 0. The third-order valence-corrected chi connectivity index (χ3v) is 5.26. The van der Waals surface area contributed by atoms with Crippen LogP contribution in [0.5, 0.6) is 0 Å². The molecule has 0 spiro atoms. The lowest BCUT2D eigenvalue weighted by atomic mass is 10.1. The summed E-state index contributed by atoms with van der Waals surface area (Å²) in [6.07, 6.45) is 2.02. The van der Waals surface area contributed by atoms with Gasteiger partial charge in [-0.1, -0.05) is 12.1 Å². The predicted molar refractivity (Wildman–Crippen MR) is 105 cm³/mol. The van der Waals surface area contributed by atoms with Crippen molar-refractivity contribution < 1.29 is 22.0 Å². The molecule has 7 nitrogen and oxygen atoms in total. The van der Waals surface area contributed by atoms with Gasteiger partial charge in [0.15, 0.2) is 11.7 Å². The molecule has 0 fully saturated rings. The molecule has 0 aliphatic carbocycles. The Labute approximate surface area is 167 Å². The first-order valence-electron chi connectivity index (χ1n) is 8.85. The number of carbonyl (C=O) groups is 1. The molecule has 3 N–H and O–H groups in total. The van der Waals surface area contributed by atoms with Gasteiger partial charge in [-0.3, -0.25) is 4.79 Å². The molecule has 0 aliphatic rings. The molecule has 1 amide bonds. The van der Waals surface area contributed by atoms with Crippen molar-refractivity contribution in [1.29, 1.82) is 0 Å². The van der Waals surface area contributed by atoms with Crippen molar-refractivity contribution in [2.45, 2.75) is 30.7 Å². The second-order valence-corrected chi connectivity index (χ2v) is 8.09. The number of nitrogens with one attached hydrogen (secondary N) is 1. The number of nitrogens with two attached hydrogens (primary N) is 1. The van der Waals surface area contributed by atoms with E-state index in [4.69, 9.17) is 9.56 Å². The van der Waals surface area contributed by atoms with E-state index in [1.807, 2.05) is 0 Å². The summed E-state index contributed by atoms with van der Waals surface area (Å²) in [6, 6.07) is 11.6. The fourth-order valence-electron chi connectivity index (χ4n) is 2.74.